The summed E-state index contributed by atoms with van der Waals surface area (Å²) in [6, 6.07) is 8.79. The molecule has 0 spiro atoms. The van der Waals surface area contributed by atoms with E-state index in [1.165, 1.54) is 16.8 Å². The van der Waals surface area contributed by atoms with Crippen LogP contribution in [-0.4, -0.2) is 22.9 Å². The molecule has 0 saturated heterocycles. The molecule has 2 N–H and O–H groups in total. The fourth-order valence-corrected chi connectivity index (χ4v) is 2.67. The van der Waals surface area contributed by atoms with E-state index in [4.69, 9.17) is 5.73 Å². The first kappa shape index (κ1) is 15.6. The van der Waals surface area contributed by atoms with Gasteiger partial charge in [0.1, 0.15) is 0 Å². The second kappa shape index (κ2) is 7.27. The van der Waals surface area contributed by atoms with Crippen LogP contribution >= 0.6 is 0 Å². The van der Waals surface area contributed by atoms with Crippen molar-refractivity contribution in [1.82, 2.24) is 9.78 Å². The molecule has 1 unspecified atom stereocenters. The molecule has 21 heavy (non-hydrogen) atoms. The van der Waals surface area contributed by atoms with Crippen molar-refractivity contribution in [3.8, 4) is 0 Å². The molecule has 1 aromatic heterocycles. The normalized spacial score (nSPS) is 12.4. The molecule has 0 bridgehead atoms. The minimum atomic E-state index is 0.170. The van der Waals surface area contributed by atoms with Crippen molar-refractivity contribution in [3.05, 3.63) is 47.8 Å². The van der Waals surface area contributed by atoms with E-state index in [1.807, 2.05) is 10.9 Å². The monoisotopic (exact) mass is 286 g/mol. The fourth-order valence-electron chi connectivity index (χ4n) is 2.67. The van der Waals surface area contributed by atoms with Crippen LogP contribution in [0.15, 0.2) is 36.7 Å². The summed E-state index contributed by atoms with van der Waals surface area (Å²) in [6.45, 7) is 8.89. The summed E-state index contributed by atoms with van der Waals surface area (Å²) >= 11 is 0. The van der Waals surface area contributed by atoms with Gasteiger partial charge in [-0.3, -0.25) is 4.68 Å². The first-order chi connectivity index (χ1) is 10.2. The molecule has 0 fully saturated rings. The molecule has 0 aliphatic rings. The zero-order valence-corrected chi connectivity index (χ0v) is 13.3. The van der Waals surface area contributed by atoms with E-state index in [0.29, 0.717) is 6.54 Å². The van der Waals surface area contributed by atoms with E-state index in [9.17, 15) is 0 Å². The second-order valence-corrected chi connectivity index (χ2v) is 5.41. The molecule has 2 aromatic rings. The van der Waals surface area contributed by atoms with Gasteiger partial charge in [-0.15, -0.1) is 0 Å². The Hall–Kier alpha value is -1.81. The molecule has 1 atom stereocenters. The van der Waals surface area contributed by atoms with Crippen molar-refractivity contribution in [2.45, 2.75) is 39.8 Å². The minimum absolute atomic E-state index is 0.170. The average Bonchev–Trinajstić information content (AvgIpc) is 2.94. The molecule has 0 radical (unpaired) electrons. The van der Waals surface area contributed by atoms with Crippen molar-refractivity contribution in [1.29, 1.82) is 0 Å². The molecule has 0 aliphatic carbocycles. The number of hydrogen-bond acceptors (Lipinski definition) is 3. The van der Waals surface area contributed by atoms with Gasteiger partial charge in [0.25, 0.3) is 0 Å². The van der Waals surface area contributed by atoms with Crippen molar-refractivity contribution >= 4 is 5.69 Å². The molecule has 4 nitrogen and oxygen atoms in total. The van der Waals surface area contributed by atoms with E-state index in [0.717, 1.165) is 19.5 Å². The molecule has 114 valence electrons. The number of rotatable bonds is 7. The lowest BCUT2D eigenvalue weighted by Gasteiger charge is -2.31. The van der Waals surface area contributed by atoms with E-state index >= 15 is 0 Å². The number of likely N-dealkylation sites (N-methyl/N-ethyl adjacent to an activating group) is 1. The number of nitrogens with two attached hydrogens (primary N) is 1. The van der Waals surface area contributed by atoms with Crippen molar-refractivity contribution < 1.29 is 0 Å². The second-order valence-electron chi connectivity index (χ2n) is 5.41. The summed E-state index contributed by atoms with van der Waals surface area (Å²) in [4.78, 5) is 2.34. The maximum absolute atomic E-state index is 6.05. The minimum Gasteiger partial charge on any atom is -0.363 e. The van der Waals surface area contributed by atoms with E-state index in [-0.39, 0.29) is 6.04 Å². The summed E-state index contributed by atoms with van der Waals surface area (Å²) in [5.41, 5.74) is 9.72. The zero-order chi connectivity index (χ0) is 15.2. The van der Waals surface area contributed by atoms with Gasteiger partial charge in [-0.25, -0.2) is 0 Å². The average molecular weight is 286 g/mol. The van der Waals surface area contributed by atoms with Crippen LogP contribution in [0, 0.1) is 6.92 Å². The van der Waals surface area contributed by atoms with Gasteiger partial charge >= 0.3 is 0 Å². The Balaban J connectivity index is 2.25. The van der Waals surface area contributed by atoms with Crippen LogP contribution in [0.1, 0.15) is 37.4 Å². The summed E-state index contributed by atoms with van der Waals surface area (Å²) in [6.07, 6.45) is 5.16. The highest BCUT2D eigenvalue weighted by atomic mass is 15.3. The Kier molecular flexibility index (Phi) is 5.39. The first-order valence-corrected chi connectivity index (χ1v) is 7.75. The quantitative estimate of drug-likeness (QED) is 0.850. The molecule has 0 aliphatic heterocycles. The smallest absolute Gasteiger partial charge is 0.0695 e. The van der Waals surface area contributed by atoms with Gasteiger partial charge in [0.05, 0.1) is 12.2 Å². The van der Waals surface area contributed by atoms with Crippen molar-refractivity contribution in [2.24, 2.45) is 5.73 Å². The van der Waals surface area contributed by atoms with Crippen LogP contribution in [0.2, 0.25) is 0 Å². The van der Waals surface area contributed by atoms with Crippen LogP contribution in [0.5, 0.6) is 0 Å². The van der Waals surface area contributed by atoms with Crippen LogP contribution < -0.4 is 10.6 Å². The molecule has 1 heterocycles. The van der Waals surface area contributed by atoms with Gasteiger partial charge in [-0.05, 0) is 32.4 Å². The third-order valence-electron chi connectivity index (χ3n) is 3.80. The van der Waals surface area contributed by atoms with Gasteiger partial charge in [0.15, 0.2) is 0 Å². The number of aryl methyl sites for hydroxylation is 2. The maximum Gasteiger partial charge on any atom is 0.0695 e. The van der Waals surface area contributed by atoms with Gasteiger partial charge in [-0.1, -0.05) is 24.6 Å². The van der Waals surface area contributed by atoms with E-state index < -0.39 is 0 Å². The lowest BCUT2D eigenvalue weighted by atomic mass is 10.1. The lowest BCUT2D eigenvalue weighted by molar-refractivity contribution is 0.598. The Morgan fingerprint density at radius 3 is 2.52 bits per heavy atom. The molecule has 2 rings (SSSR count). The maximum atomic E-state index is 6.05. The summed E-state index contributed by atoms with van der Waals surface area (Å²) in [7, 11) is 0. The Labute approximate surface area is 127 Å². The Bertz CT molecular complexity index is 544. The molecule has 1 aromatic carbocycles. The highest BCUT2D eigenvalue weighted by molar-refractivity contribution is 5.49. The third-order valence-corrected chi connectivity index (χ3v) is 3.80. The van der Waals surface area contributed by atoms with Crippen LogP contribution in [0.25, 0.3) is 0 Å². The molecule has 4 heteroatoms. The standard InChI is InChI=1S/C17H26N4/c1-4-10-20-13-15(12-19-20)17(11-18)21(5-2)16-8-6-14(3)7-9-16/h6-9,12-13,17H,4-5,10-11,18H2,1-3H3. The van der Waals surface area contributed by atoms with Gasteiger partial charge in [0.2, 0.25) is 0 Å². The highest BCUT2D eigenvalue weighted by Crippen LogP contribution is 2.26. The van der Waals surface area contributed by atoms with Gasteiger partial charge < -0.3 is 10.6 Å². The number of anilines is 1. The molecular weight excluding hydrogens is 260 g/mol. The molecular formula is C17H26N4. The number of benzene rings is 1. The first-order valence-electron chi connectivity index (χ1n) is 7.75. The predicted octanol–water partition coefficient (Wildman–Crippen LogP) is 3.13. The number of hydrogen-bond donors (Lipinski definition) is 1. The predicted molar refractivity (Wildman–Crippen MR) is 88.5 cm³/mol. The fraction of sp³-hybridized carbons (Fsp3) is 0.471. The number of aromatic nitrogens is 2. The van der Waals surface area contributed by atoms with Crippen LogP contribution in [-0.2, 0) is 6.54 Å². The number of nitrogens with zero attached hydrogens (tertiary/aromatic N) is 3. The Morgan fingerprint density at radius 1 is 1.24 bits per heavy atom. The lowest BCUT2D eigenvalue weighted by Crippen LogP contribution is -2.33. The Morgan fingerprint density at radius 2 is 1.95 bits per heavy atom. The topological polar surface area (TPSA) is 47.1 Å². The largest absolute Gasteiger partial charge is 0.363 e. The van der Waals surface area contributed by atoms with Crippen LogP contribution in [0.4, 0.5) is 5.69 Å². The summed E-state index contributed by atoms with van der Waals surface area (Å²) in [5.74, 6) is 0. The summed E-state index contributed by atoms with van der Waals surface area (Å²) < 4.78 is 2.00. The molecule has 0 amide bonds. The highest BCUT2D eigenvalue weighted by Gasteiger charge is 2.19. The van der Waals surface area contributed by atoms with Gasteiger partial charge in [-0.2, -0.15) is 5.10 Å². The molecule has 0 saturated carbocycles. The summed E-state index contributed by atoms with van der Waals surface area (Å²) in [5, 5.41) is 4.43. The van der Waals surface area contributed by atoms with Crippen molar-refractivity contribution in [2.75, 3.05) is 18.0 Å². The van der Waals surface area contributed by atoms with E-state index in [2.05, 4.69) is 61.2 Å². The van der Waals surface area contributed by atoms with E-state index in [1.54, 1.807) is 0 Å². The SMILES string of the molecule is CCCn1cc(C(CN)N(CC)c2ccc(C)cc2)cn1. The van der Waals surface area contributed by atoms with Crippen LogP contribution in [0.3, 0.4) is 0 Å². The van der Waals surface area contributed by atoms with Gasteiger partial charge in [0, 0.05) is 37.1 Å². The van der Waals surface area contributed by atoms with Crippen molar-refractivity contribution in [3.63, 3.8) is 0 Å². The zero-order valence-electron chi connectivity index (χ0n) is 13.3. The third kappa shape index (κ3) is 3.64.